The minimum Gasteiger partial charge on any atom is -0.495 e. The molecule has 0 bridgehead atoms. The molecule has 0 aliphatic heterocycles. The van der Waals surface area contributed by atoms with E-state index in [4.69, 9.17) is 10.5 Å². The summed E-state index contributed by atoms with van der Waals surface area (Å²) in [5.41, 5.74) is 7.48. The van der Waals surface area contributed by atoms with E-state index in [9.17, 15) is 13.2 Å². The van der Waals surface area contributed by atoms with Crippen LogP contribution in [0.15, 0.2) is 36.4 Å². The van der Waals surface area contributed by atoms with Crippen molar-refractivity contribution in [1.82, 2.24) is 4.98 Å². The Morgan fingerprint density at radius 2 is 1.67 bits per heavy atom. The summed E-state index contributed by atoms with van der Waals surface area (Å²) in [6, 6.07) is 6.64. The van der Waals surface area contributed by atoms with Crippen LogP contribution in [-0.4, -0.2) is 12.1 Å². The Labute approximate surface area is 136 Å². The summed E-state index contributed by atoms with van der Waals surface area (Å²) in [6.45, 7) is 1.70. The van der Waals surface area contributed by atoms with E-state index >= 15 is 0 Å². The first-order valence-corrected chi connectivity index (χ1v) is 7.30. The summed E-state index contributed by atoms with van der Waals surface area (Å²) in [4.78, 5) is 4.44. The molecule has 0 aliphatic rings. The summed E-state index contributed by atoms with van der Waals surface area (Å²) < 4.78 is 46.4. The Kier molecular flexibility index (Phi) is 4.15. The lowest BCUT2D eigenvalue weighted by Gasteiger charge is -2.18. The lowest BCUT2D eigenvalue weighted by Crippen LogP contribution is -2.11. The number of ether oxygens (including phenoxy) is 1. The monoisotopic (exact) mass is 332 g/mol. The van der Waals surface area contributed by atoms with Gasteiger partial charge in [0.25, 0.3) is 0 Å². The highest BCUT2D eigenvalue weighted by Crippen LogP contribution is 2.40. The molecule has 124 valence electrons. The maximum absolute atomic E-state index is 13.7. The molecule has 3 rings (SSSR count). The number of pyridine rings is 1. The zero-order valence-electron chi connectivity index (χ0n) is 13.1. The Hall–Kier alpha value is -2.60. The summed E-state index contributed by atoms with van der Waals surface area (Å²) in [7, 11) is 1.41. The zero-order chi connectivity index (χ0) is 17.4. The minimum absolute atomic E-state index is 0.232. The summed E-state index contributed by atoms with van der Waals surface area (Å²) >= 11 is 0. The fourth-order valence-electron chi connectivity index (χ4n) is 2.74. The topological polar surface area (TPSA) is 48.1 Å². The van der Waals surface area contributed by atoms with Gasteiger partial charge in [-0.05, 0) is 42.8 Å². The number of aromatic nitrogens is 1. The molecule has 0 amide bonds. The number of nitrogens with two attached hydrogens (primary N) is 1. The number of rotatable bonds is 3. The molecule has 0 fully saturated rings. The molecule has 3 nitrogen and oxygen atoms in total. The van der Waals surface area contributed by atoms with E-state index < -0.39 is 23.5 Å². The summed E-state index contributed by atoms with van der Waals surface area (Å²) in [5, 5.41) is 0.404. The van der Waals surface area contributed by atoms with Crippen LogP contribution in [0.5, 0.6) is 5.75 Å². The van der Waals surface area contributed by atoms with Crippen molar-refractivity contribution in [3.05, 3.63) is 59.5 Å². The highest BCUT2D eigenvalue weighted by Gasteiger charge is 2.21. The highest BCUT2D eigenvalue weighted by atomic mass is 19.1. The van der Waals surface area contributed by atoms with E-state index in [0.29, 0.717) is 22.2 Å². The summed E-state index contributed by atoms with van der Waals surface area (Å²) in [6.07, 6.45) is 0. The molecule has 0 radical (unpaired) electrons. The third-order valence-electron chi connectivity index (χ3n) is 3.71. The van der Waals surface area contributed by atoms with Gasteiger partial charge in [0, 0.05) is 23.1 Å². The van der Waals surface area contributed by atoms with Crippen molar-refractivity contribution in [2.24, 2.45) is 5.73 Å². The number of methoxy groups -OCH3 is 1. The van der Waals surface area contributed by atoms with Crippen LogP contribution in [0, 0.1) is 17.5 Å². The molecule has 1 atom stereocenters. The zero-order valence-corrected chi connectivity index (χ0v) is 13.1. The lowest BCUT2D eigenvalue weighted by molar-refractivity contribution is 0.420. The van der Waals surface area contributed by atoms with E-state index in [1.807, 2.05) is 0 Å². The van der Waals surface area contributed by atoms with E-state index in [-0.39, 0.29) is 11.3 Å². The number of benzene rings is 2. The molecule has 0 unspecified atom stereocenters. The van der Waals surface area contributed by atoms with Crippen LogP contribution in [0.2, 0.25) is 0 Å². The first-order chi connectivity index (χ1) is 11.4. The fraction of sp³-hybridized carbons (Fsp3) is 0.167. The van der Waals surface area contributed by atoms with Crippen molar-refractivity contribution in [2.45, 2.75) is 13.0 Å². The molecule has 2 aromatic carbocycles. The molecule has 1 aromatic heterocycles. The quantitative estimate of drug-likeness (QED) is 0.776. The van der Waals surface area contributed by atoms with E-state index in [2.05, 4.69) is 4.98 Å². The number of hydrogen-bond acceptors (Lipinski definition) is 3. The average molecular weight is 332 g/mol. The van der Waals surface area contributed by atoms with Gasteiger partial charge in [0.1, 0.15) is 23.2 Å². The SMILES string of the molecule is COc1c(-c2cc(F)cc(F)c2)c([C@H](C)N)nc2ccc(F)cc12. The molecule has 1 heterocycles. The molecule has 3 aromatic rings. The van der Waals surface area contributed by atoms with Crippen LogP contribution in [-0.2, 0) is 0 Å². The van der Waals surface area contributed by atoms with Gasteiger partial charge in [-0.25, -0.2) is 13.2 Å². The van der Waals surface area contributed by atoms with Crippen LogP contribution < -0.4 is 10.5 Å². The molecule has 24 heavy (non-hydrogen) atoms. The van der Waals surface area contributed by atoms with E-state index in [1.165, 1.54) is 37.4 Å². The Bertz CT molecular complexity index is 906. The standard InChI is InChI=1S/C18H15F3N2O/c1-9(22)17-16(10-5-12(20)7-13(21)6-10)18(24-2)14-8-11(19)3-4-15(14)23-17/h3-9H,22H2,1-2H3/t9-/m0/s1. The molecule has 0 aliphatic carbocycles. The minimum atomic E-state index is -0.734. The number of hydrogen-bond donors (Lipinski definition) is 1. The van der Waals surface area contributed by atoms with Crippen LogP contribution >= 0.6 is 0 Å². The maximum Gasteiger partial charge on any atom is 0.138 e. The lowest BCUT2D eigenvalue weighted by atomic mass is 9.96. The van der Waals surface area contributed by atoms with Gasteiger partial charge in [-0.3, -0.25) is 4.98 Å². The normalized spacial score (nSPS) is 12.4. The van der Waals surface area contributed by atoms with Gasteiger partial charge in [0.15, 0.2) is 0 Å². The van der Waals surface area contributed by atoms with Gasteiger partial charge in [-0.15, -0.1) is 0 Å². The predicted molar refractivity (Wildman–Crippen MR) is 86.2 cm³/mol. The number of fused-ring (bicyclic) bond motifs is 1. The van der Waals surface area contributed by atoms with Crippen molar-refractivity contribution in [1.29, 1.82) is 0 Å². The van der Waals surface area contributed by atoms with Crippen molar-refractivity contribution < 1.29 is 17.9 Å². The van der Waals surface area contributed by atoms with Crippen molar-refractivity contribution in [2.75, 3.05) is 7.11 Å². The molecule has 6 heteroatoms. The molecular weight excluding hydrogens is 317 g/mol. The van der Waals surface area contributed by atoms with Crippen molar-refractivity contribution in [3.63, 3.8) is 0 Å². The fourth-order valence-corrected chi connectivity index (χ4v) is 2.74. The van der Waals surface area contributed by atoms with Crippen molar-refractivity contribution >= 4 is 10.9 Å². The number of halogens is 3. The van der Waals surface area contributed by atoms with Gasteiger partial charge in [-0.1, -0.05) is 0 Å². The third-order valence-corrected chi connectivity index (χ3v) is 3.71. The van der Waals surface area contributed by atoms with Crippen LogP contribution in [0.25, 0.3) is 22.0 Å². The van der Waals surface area contributed by atoms with Gasteiger partial charge in [-0.2, -0.15) is 0 Å². The van der Waals surface area contributed by atoms with Gasteiger partial charge >= 0.3 is 0 Å². The second kappa shape index (κ2) is 6.13. The second-order valence-electron chi connectivity index (χ2n) is 5.51. The van der Waals surface area contributed by atoms with Gasteiger partial charge in [0.2, 0.25) is 0 Å². The maximum atomic E-state index is 13.7. The average Bonchev–Trinajstić information content (AvgIpc) is 2.51. The Morgan fingerprint density at radius 3 is 2.25 bits per heavy atom. The summed E-state index contributed by atoms with van der Waals surface area (Å²) in [5.74, 6) is -1.66. The first-order valence-electron chi connectivity index (χ1n) is 7.30. The molecule has 0 saturated carbocycles. The van der Waals surface area contributed by atoms with Crippen LogP contribution in [0.1, 0.15) is 18.7 Å². The molecule has 2 N–H and O–H groups in total. The van der Waals surface area contributed by atoms with Gasteiger partial charge in [0.05, 0.1) is 18.3 Å². The van der Waals surface area contributed by atoms with E-state index in [1.54, 1.807) is 6.92 Å². The van der Waals surface area contributed by atoms with Crippen LogP contribution in [0.3, 0.4) is 0 Å². The van der Waals surface area contributed by atoms with Gasteiger partial charge < -0.3 is 10.5 Å². The van der Waals surface area contributed by atoms with E-state index in [0.717, 1.165) is 6.07 Å². The van der Waals surface area contributed by atoms with Crippen LogP contribution in [0.4, 0.5) is 13.2 Å². The molecule has 0 spiro atoms. The highest BCUT2D eigenvalue weighted by molar-refractivity contribution is 5.93. The Morgan fingerprint density at radius 1 is 1.00 bits per heavy atom. The molecular formula is C18H15F3N2O. The second-order valence-corrected chi connectivity index (χ2v) is 5.51. The first kappa shape index (κ1) is 16.3. The largest absolute Gasteiger partial charge is 0.495 e. The smallest absolute Gasteiger partial charge is 0.138 e. The predicted octanol–water partition coefficient (Wildman–Crippen LogP) is 4.35. The number of nitrogens with zero attached hydrogens (tertiary/aromatic N) is 1. The Balaban J connectivity index is 2.45. The third kappa shape index (κ3) is 2.80. The molecule has 0 saturated heterocycles. The van der Waals surface area contributed by atoms with Crippen molar-refractivity contribution in [3.8, 4) is 16.9 Å².